The minimum atomic E-state index is -3.14. The average Bonchev–Trinajstić information content (AvgIpc) is 3.65. The predicted molar refractivity (Wildman–Crippen MR) is 141 cm³/mol. The number of halogens is 1. The molecular weight excluding hydrogens is 500 g/mol. The smallest absolute Gasteiger partial charge is 0.407 e. The van der Waals surface area contributed by atoms with Gasteiger partial charge in [0, 0.05) is 29.8 Å². The summed E-state index contributed by atoms with van der Waals surface area (Å²) in [5.41, 5.74) is 3.47. The van der Waals surface area contributed by atoms with Gasteiger partial charge in [-0.25, -0.2) is 13.2 Å². The molecule has 0 spiro atoms. The average molecular weight is 535 g/mol. The van der Waals surface area contributed by atoms with Gasteiger partial charge in [-0.1, -0.05) is 29.8 Å². The van der Waals surface area contributed by atoms with Crippen molar-refractivity contribution >= 4 is 27.5 Å². The molecule has 2 N–H and O–H groups in total. The van der Waals surface area contributed by atoms with Crippen molar-refractivity contribution in [2.75, 3.05) is 26.0 Å². The number of ether oxygens (including phenoxy) is 2. The third-order valence-electron chi connectivity index (χ3n) is 6.88. The number of sulfone groups is 1. The van der Waals surface area contributed by atoms with E-state index in [2.05, 4.69) is 22.8 Å². The summed E-state index contributed by atoms with van der Waals surface area (Å²) < 4.78 is 35.3. The molecule has 36 heavy (non-hydrogen) atoms. The molecule has 9 heteroatoms. The number of benzene rings is 2. The molecule has 0 aliphatic heterocycles. The molecule has 0 saturated heterocycles. The number of alkyl carbamates (subject to hydrolysis) is 1. The van der Waals surface area contributed by atoms with Crippen LogP contribution in [0.1, 0.15) is 48.8 Å². The van der Waals surface area contributed by atoms with Crippen molar-refractivity contribution in [2.24, 2.45) is 5.92 Å². The normalized spacial score (nSPS) is 20.3. The Balaban J connectivity index is 1.48. The Bertz CT molecular complexity index is 1170. The summed E-state index contributed by atoms with van der Waals surface area (Å²) in [6.45, 7) is 2.92. The zero-order valence-electron chi connectivity index (χ0n) is 20.8. The lowest BCUT2D eigenvalue weighted by Crippen LogP contribution is -2.43. The van der Waals surface area contributed by atoms with E-state index in [-0.39, 0.29) is 17.9 Å². The molecule has 2 aromatic rings. The zero-order valence-corrected chi connectivity index (χ0v) is 22.4. The van der Waals surface area contributed by atoms with Gasteiger partial charge in [-0.3, -0.25) is 5.32 Å². The van der Waals surface area contributed by atoms with Gasteiger partial charge in [0.15, 0.2) is 9.84 Å². The largest absolute Gasteiger partial charge is 0.492 e. The third kappa shape index (κ3) is 7.14. The topological polar surface area (TPSA) is 93.7 Å². The summed E-state index contributed by atoms with van der Waals surface area (Å²) in [5.74, 6) is 0.966. The summed E-state index contributed by atoms with van der Waals surface area (Å²) in [6, 6.07) is 13.8. The first-order valence-electron chi connectivity index (χ1n) is 12.6. The second-order valence-corrected chi connectivity index (χ2v) is 12.3. The lowest BCUT2D eigenvalue weighted by molar-refractivity contribution is 0.144. The van der Waals surface area contributed by atoms with E-state index in [9.17, 15) is 13.2 Å². The van der Waals surface area contributed by atoms with Crippen LogP contribution in [0.2, 0.25) is 5.02 Å². The Labute approximate surface area is 218 Å². The number of hydrogen-bond donors (Lipinski definition) is 2. The van der Waals surface area contributed by atoms with Crippen LogP contribution in [0.5, 0.6) is 5.75 Å². The van der Waals surface area contributed by atoms with E-state index in [0.29, 0.717) is 31.2 Å². The van der Waals surface area contributed by atoms with Gasteiger partial charge >= 0.3 is 6.09 Å². The number of carbonyl (C=O) groups is 1. The number of rotatable bonds is 11. The van der Waals surface area contributed by atoms with Gasteiger partial charge < -0.3 is 14.8 Å². The third-order valence-corrected chi connectivity index (χ3v) is 8.59. The second kappa shape index (κ2) is 11.8. The van der Waals surface area contributed by atoms with Crippen LogP contribution in [-0.2, 0) is 27.4 Å². The van der Waals surface area contributed by atoms with Crippen LogP contribution in [0, 0.1) is 5.92 Å². The van der Waals surface area contributed by atoms with Gasteiger partial charge in [0.05, 0.1) is 6.61 Å². The summed E-state index contributed by atoms with van der Waals surface area (Å²) in [5, 5.41) is 6.40. The van der Waals surface area contributed by atoms with Crippen LogP contribution < -0.4 is 15.4 Å². The number of nitrogens with one attached hydrogen (secondary N) is 2. The molecule has 1 amide bonds. The van der Waals surface area contributed by atoms with E-state index < -0.39 is 21.3 Å². The molecular formula is C27H35ClN2O5S. The van der Waals surface area contributed by atoms with E-state index >= 15 is 0 Å². The Morgan fingerprint density at radius 1 is 1.17 bits per heavy atom. The van der Waals surface area contributed by atoms with Gasteiger partial charge in [0.2, 0.25) is 0 Å². The molecule has 0 aromatic heterocycles. The highest BCUT2D eigenvalue weighted by atomic mass is 35.5. The fourth-order valence-corrected chi connectivity index (χ4v) is 6.67. The van der Waals surface area contributed by atoms with Crippen molar-refractivity contribution in [3.05, 3.63) is 64.2 Å². The lowest BCUT2D eigenvalue weighted by atomic mass is 9.76. The van der Waals surface area contributed by atoms with E-state index in [4.69, 9.17) is 21.1 Å². The van der Waals surface area contributed by atoms with Crippen LogP contribution in [-0.4, -0.2) is 51.9 Å². The number of hydrogen-bond acceptors (Lipinski definition) is 6. The minimum Gasteiger partial charge on any atom is -0.492 e. The van der Waals surface area contributed by atoms with Crippen molar-refractivity contribution in [1.82, 2.24) is 10.6 Å². The van der Waals surface area contributed by atoms with Crippen molar-refractivity contribution in [1.29, 1.82) is 0 Å². The fourth-order valence-electron chi connectivity index (χ4n) is 5.07. The molecule has 3 atom stereocenters. The van der Waals surface area contributed by atoms with Crippen LogP contribution in [0.25, 0.3) is 0 Å². The standard InChI is InChI=1S/C27H35ClN2O5S/c1-3-34-27(31)30-25-12-10-19-9-11-22(35-14-13-29-26(20-7-8-20)36(2,32)33)17-23(19)24(25)16-18-5-4-6-21(28)15-18/h4-6,9,11,15,17,20,24-26,29H,3,7-8,10,12-14,16H2,1-2H3,(H,30,31). The van der Waals surface area contributed by atoms with Gasteiger partial charge in [-0.2, -0.15) is 0 Å². The van der Waals surface area contributed by atoms with Crippen LogP contribution in [0.15, 0.2) is 42.5 Å². The van der Waals surface area contributed by atoms with Gasteiger partial charge in [0.25, 0.3) is 0 Å². The molecule has 3 unspecified atom stereocenters. The molecule has 1 fully saturated rings. The van der Waals surface area contributed by atoms with Crippen molar-refractivity contribution in [2.45, 2.75) is 56.4 Å². The molecule has 4 rings (SSSR count). The highest BCUT2D eigenvalue weighted by molar-refractivity contribution is 7.91. The molecule has 0 bridgehead atoms. The maximum atomic E-state index is 12.3. The molecule has 7 nitrogen and oxygen atoms in total. The van der Waals surface area contributed by atoms with E-state index in [1.165, 1.54) is 11.8 Å². The molecule has 0 heterocycles. The molecule has 196 valence electrons. The van der Waals surface area contributed by atoms with Crippen LogP contribution in [0.4, 0.5) is 4.79 Å². The van der Waals surface area contributed by atoms with E-state index in [1.807, 2.05) is 30.3 Å². The van der Waals surface area contributed by atoms with Crippen molar-refractivity contribution < 1.29 is 22.7 Å². The van der Waals surface area contributed by atoms with Crippen LogP contribution >= 0.6 is 11.6 Å². The first kappa shape index (κ1) is 26.8. The fraction of sp³-hybridized carbons (Fsp3) is 0.519. The van der Waals surface area contributed by atoms with Gasteiger partial charge in [-0.05, 0) is 85.9 Å². The monoisotopic (exact) mass is 534 g/mol. The molecule has 2 aliphatic carbocycles. The second-order valence-electron chi connectivity index (χ2n) is 9.70. The number of fused-ring (bicyclic) bond motifs is 1. The summed E-state index contributed by atoms with van der Waals surface area (Å²) in [6.07, 6.45) is 5.15. The molecule has 0 radical (unpaired) electrons. The summed E-state index contributed by atoms with van der Waals surface area (Å²) >= 11 is 6.24. The number of amides is 1. The molecule has 1 saturated carbocycles. The maximum absolute atomic E-state index is 12.3. The van der Waals surface area contributed by atoms with Crippen molar-refractivity contribution in [3.8, 4) is 5.75 Å². The first-order chi connectivity index (χ1) is 17.2. The Hall–Kier alpha value is -2.29. The number of carbonyl (C=O) groups excluding carboxylic acids is 1. The first-order valence-corrected chi connectivity index (χ1v) is 14.9. The highest BCUT2D eigenvalue weighted by Gasteiger charge is 2.37. The zero-order chi connectivity index (χ0) is 25.7. The van der Waals surface area contributed by atoms with E-state index in [0.717, 1.165) is 42.6 Å². The Kier molecular flexibility index (Phi) is 8.80. The van der Waals surface area contributed by atoms with Gasteiger partial charge in [0.1, 0.15) is 17.7 Å². The molecule has 2 aliphatic rings. The minimum absolute atomic E-state index is 0.0304. The summed E-state index contributed by atoms with van der Waals surface area (Å²) in [4.78, 5) is 12.3. The van der Waals surface area contributed by atoms with E-state index in [1.54, 1.807) is 6.92 Å². The number of aryl methyl sites for hydroxylation is 1. The quantitative estimate of drug-likeness (QED) is 0.413. The maximum Gasteiger partial charge on any atom is 0.407 e. The van der Waals surface area contributed by atoms with Gasteiger partial charge in [-0.15, -0.1) is 0 Å². The Morgan fingerprint density at radius 3 is 2.67 bits per heavy atom. The lowest BCUT2D eigenvalue weighted by Gasteiger charge is -2.34. The van der Waals surface area contributed by atoms with Crippen LogP contribution in [0.3, 0.4) is 0 Å². The molecule has 2 aromatic carbocycles. The SMILES string of the molecule is CCOC(=O)NC1CCc2ccc(OCCNC(C3CC3)S(C)(=O)=O)cc2C1Cc1cccc(Cl)c1. The summed E-state index contributed by atoms with van der Waals surface area (Å²) in [7, 11) is -3.14. The highest BCUT2D eigenvalue weighted by Crippen LogP contribution is 2.37. The Morgan fingerprint density at radius 2 is 1.97 bits per heavy atom. The predicted octanol–water partition coefficient (Wildman–Crippen LogP) is 4.48. The van der Waals surface area contributed by atoms with Crippen molar-refractivity contribution in [3.63, 3.8) is 0 Å².